The van der Waals surface area contributed by atoms with Crippen LogP contribution in [0.5, 0.6) is 0 Å². The smallest absolute Gasteiger partial charge is 0.312 e. The fourth-order valence-corrected chi connectivity index (χ4v) is 3.59. The number of aromatic nitrogens is 1. The van der Waals surface area contributed by atoms with Crippen LogP contribution < -0.4 is 5.73 Å². The molecule has 0 atom stereocenters. The molecule has 152 valence electrons. The zero-order chi connectivity index (χ0) is 21.1. The number of carbonyl (C=O) groups is 2. The Labute approximate surface area is 179 Å². The molecule has 1 aliphatic heterocycles. The summed E-state index contributed by atoms with van der Waals surface area (Å²) in [6.45, 7) is 1.74. The van der Waals surface area contributed by atoms with Crippen LogP contribution in [0.25, 0.3) is 17.0 Å². The second-order valence-electron chi connectivity index (χ2n) is 7.18. The van der Waals surface area contributed by atoms with Gasteiger partial charge in [-0.3, -0.25) is 14.6 Å². The highest BCUT2D eigenvalue weighted by Gasteiger charge is 2.31. The number of piperazine rings is 1. The van der Waals surface area contributed by atoms with Crippen molar-refractivity contribution >= 4 is 46.1 Å². The summed E-state index contributed by atoms with van der Waals surface area (Å²) < 4.78 is 0. The molecular weight excluding hydrogens is 400 g/mol. The lowest BCUT2D eigenvalue weighted by atomic mass is 10.1. The molecule has 6 nitrogen and oxygen atoms in total. The molecule has 7 heteroatoms. The van der Waals surface area contributed by atoms with Crippen LogP contribution in [0.2, 0.25) is 5.02 Å². The average Bonchev–Trinajstić information content (AvgIpc) is 2.74. The van der Waals surface area contributed by atoms with Gasteiger partial charge < -0.3 is 15.5 Å². The van der Waals surface area contributed by atoms with Gasteiger partial charge in [-0.15, -0.1) is 0 Å². The summed E-state index contributed by atoms with van der Waals surface area (Å²) in [6, 6.07) is 14.9. The maximum Gasteiger partial charge on any atom is 0.312 e. The second kappa shape index (κ2) is 8.55. The summed E-state index contributed by atoms with van der Waals surface area (Å²) in [4.78, 5) is 32.6. The van der Waals surface area contributed by atoms with E-state index in [1.54, 1.807) is 22.1 Å². The van der Waals surface area contributed by atoms with Gasteiger partial charge >= 0.3 is 11.8 Å². The molecule has 1 aromatic heterocycles. The molecule has 30 heavy (non-hydrogen) atoms. The van der Waals surface area contributed by atoms with Gasteiger partial charge in [0.15, 0.2) is 0 Å². The van der Waals surface area contributed by atoms with Crippen molar-refractivity contribution in [2.24, 2.45) is 0 Å². The van der Waals surface area contributed by atoms with Crippen LogP contribution in [0.3, 0.4) is 0 Å². The molecule has 1 fully saturated rings. The summed E-state index contributed by atoms with van der Waals surface area (Å²) in [6.07, 6.45) is 5.45. The molecule has 0 spiro atoms. The number of benzene rings is 2. The molecule has 1 saturated heterocycles. The first-order chi connectivity index (χ1) is 14.5. The van der Waals surface area contributed by atoms with Gasteiger partial charge in [0.25, 0.3) is 0 Å². The zero-order valence-corrected chi connectivity index (χ0v) is 17.0. The maximum absolute atomic E-state index is 12.6. The van der Waals surface area contributed by atoms with E-state index in [0.29, 0.717) is 36.9 Å². The number of pyridine rings is 1. The summed E-state index contributed by atoms with van der Waals surface area (Å²) in [5.74, 6) is -0.966. The Kier molecular flexibility index (Phi) is 5.68. The number of hydrogen-bond donors (Lipinski definition) is 1. The molecule has 0 saturated carbocycles. The molecule has 3 aromatic rings. The molecule has 0 radical (unpaired) electrons. The van der Waals surface area contributed by atoms with Crippen LogP contribution in [0.15, 0.2) is 60.8 Å². The number of nitrogens with two attached hydrogens (primary N) is 1. The number of rotatable bonds is 5. The Bertz CT molecular complexity index is 1130. The molecule has 0 bridgehead atoms. The van der Waals surface area contributed by atoms with E-state index in [1.807, 2.05) is 54.6 Å². The molecule has 2 N–H and O–H groups in total. The number of halogens is 1. The monoisotopic (exact) mass is 420 g/mol. The standard InChI is InChI=1S/C23H21ClN4O2/c24-18-6-3-16(4-7-18)2-1-11-27-12-13-28(23(30)22(27)29)15-17-5-8-19-20(25)9-10-26-21(19)14-17/h1-10,14H,11-13,15H2,(H2,25,26). The van der Waals surface area contributed by atoms with Gasteiger partial charge in [0.1, 0.15) is 0 Å². The highest BCUT2D eigenvalue weighted by atomic mass is 35.5. The van der Waals surface area contributed by atoms with Gasteiger partial charge in [0, 0.05) is 48.5 Å². The molecule has 0 unspecified atom stereocenters. The van der Waals surface area contributed by atoms with Crippen LogP contribution in [0.1, 0.15) is 11.1 Å². The van der Waals surface area contributed by atoms with Gasteiger partial charge in [-0.25, -0.2) is 0 Å². The van der Waals surface area contributed by atoms with E-state index >= 15 is 0 Å². The third-order valence-corrected chi connectivity index (χ3v) is 5.37. The van der Waals surface area contributed by atoms with Crippen molar-refractivity contribution in [1.82, 2.24) is 14.8 Å². The van der Waals surface area contributed by atoms with Crippen LogP contribution in [-0.4, -0.2) is 46.2 Å². The first kappa shape index (κ1) is 19.9. The van der Waals surface area contributed by atoms with Crippen LogP contribution >= 0.6 is 11.6 Å². The minimum absolute atomic E-state index is 0.367. The zero-order valence-electron chi connectivity index (χ0n) is 16.3. The largest absolute Gasteiger partial charge is 0.398 e. The third kappa shape index (κ3) is 4.28. The van der Waals surface area contributed by atoms with E-state index < -0.39 is 11.8 Å². The van der Waals surface area contributed by atoms with E-state index in [2.05, 4.69) is 4.98 Å². The average molecular weight is 421 g/mol. The molecule has 4 rings (SSSR count). The SMILES string of the molecule is Nc1ccnc2cc(CN3CCN(CC=Cc4ccc(Cl)cc4)C(=O)C3=O)ccc12. The fraction of sp³-hybridized carbons (Fsp3) is 0.174. The van der Waals surface area contributed by atoms with Crippen molar-refractivity contribution in [3.05, 3.63) is 77.0 Å². The van der Waals surface area contributed by atoms with Gasteiger partial charge in [-0.2, -0.15) is 0 Å². The Morgan fingerprint density at radius 1 is 1.00 bits per heavy atom. The lowest BCUT2D eigenvalue weighted by molar-refractivity contribution is -0.156. The minimum atomic E-state index is -0.484. The number of carbonyl (C=O) groups excluding carboxylic acids is 2. The Morgan fingerprint density at radius 2 is 1.73 bits per heavy atom. The lowest BCUT2D eigenvalue weighted by Crippen LogP contribution is -2.53. The maximum atomic E-state index is 12.6. The Balaban J connectivity index is 1.38. The van der Waals surface area contributed by atoms with E-state index in [-0.39, 0.29) is 0 Å². The number of amides is 2. The quantitative estimate of drug-likeness (QED) is 0.642. The molecule has 2 aromatic carbocycles. The fourth-order valence-electron chi connectivity index (χ4n) is 3.46. The van der Waals surface area contributed by atoms with Gasteiger partial charge in [0.05, 0.1) is 5.52 Å². The van der Waals surface area contributed by atoms with Gasteiger partial charge in [0.2, 0.25) is 0 Å². The van der Waals surface area contributed by atoms with Gasteiger partial charge in [-0.1, -0.05) is 48.0 Å². The summed E-state index contributed by atoms with van der Waals surface area (Å²) >= 11 is 5.88. The highest BCUT2D eigenvalue weighted by molar-refractivity contribution is 6.35. The topological polar surface area (TPSA) is 79.5 Å². The van der Waals surface area contributed by atoms with E-state index in [1.165, 1.54) is 0 Å². The minimum Gasteiger partial charge on any atom is -0.398 e. The van der Waals surface area contributed by atoms with Crippen molar-refractivity contribution in [3.8, 4) is 0 Å². The van der Waals surface area contributed by atoms with Crippen LogP contribution in [0.4, 0.5) is 5.69 Å². The molecular formula is C23H21ClN4O2. The number of hydrogen-bond acceptors (Lipinski definition) is 4. The Hall–Kier alpha value is -3.38. The predicted octanol–water partition coefficient (Wildman–Crippen LogP) is 3.35. The predicted molar refractivity (Wildman–Crippen MR) is 119 cm³/mol. The van der Waals surface area contributed by atoms with E-state index in [4.69, 9.17) is 17.3 Å². The first-order valence-corrected chi connectivity index (χ1v) is 10.0. The number of anilines is 1. The van der Waals surface area contributed by atoms with Crippen molar-refractivity contribution in [1.29, 1.82) is 0 Å². The molecule has 1 aliphatic rings. The third-order valence-electron chi connectivity index (χ3n) is 5.12. The highest BCUT2D eigenvalue weighted by Crippen LogP contribution is 2.21. The lowest BCUT2D eigenvalue weighted by Gasteiger charge is -2.33. The summed E-state index contributed by atoms with van der Waals surface area (Å²) in [7, 11) is 0. The summed E-state index contributed by atoms with van der Waals surface area (Å²) in [5.41, 5.74) is 9.31. The number of fused-ring (bicyclic) bond motifs is 1. The molecule has 0 aliphatic carbocycles. The molecule has 2 heterocycles. The van der Waals surface area contributed by atoms with E-state index in [0.717, 1.165) is 22.0 Å². The first-order valence-electron chi connectivity index (χ1n) is 9.65. The van der Waals surface area contributed by atoms with Crippen LogP contribution in [-0.2, 0) is 16.1 Å². The summed E-state index contributed by atoms with van der Waals surface area (Å²) in [5, 5.41) is 1.55. The second-order valence-corrected chi connectivity index (χ2v) is 7.62. The normalized spacial score (nSPS) is 14.8. The van der Waals surface area contributed by atoms with Crippen molar-refractivity contribution in [2.45, 2.75) is 6.54 Å². The van der Waals surface area contributed by atoms with E-state index in [9.17, 15) is 9.59 Å². The molecule has 2 amide bonds. The van der Waals surface area contributed by atoms with Crippen molar-refractivity contribution in [3.63, 3.8) is 0 Å². The number of nitrogen functional groups attached to an aromatic ring is 1. The number of nitrogens with zero attached hydrogens (tertiary/aromatic N) is 3. The Morgan fingerprint density at radius 3 is 2.53 bits per heavy atom. The van der Waals surface area contributed by atoms with Gasteiger partial charge in [-0.05, 0) is 35.4 Å². The van der Waals surface area contributed by atoms with Crippen LogP contribution in [0, 0.1) is 0 Å². The van der Waals surface area contributed by atoms with Crippen molar-refractivity contribution < 1.29 is 9.59 Å². The van der Waals surface area contributed by atoms with Crippen molar-refractivity contribution in [2.75, 3.05) is 25.4 Å².